The van der Waals surface area contributed by atoms with E-state index in [2.05, 4.69) is 48.7 Å². The van der Waals surface area contributed by atoms with Gasteiger partial charge in [-0.1, -0.05) is 30.3 Å². The van der Waals surface area contributed by atoms with Gasteiger partial charge in [0.25, 0.3) is 5.91 Å². The maximum absolute atomic E-state index is 13.9. The van der Waals surface area contributed by atoms with E-state index in [1.54, 1.807) is 24.3 Å². The van der Waals surface area contributed by atoms with Crippen LogP contribution in [0.25, 0.3) is 0 Å². The first-order chi connectivity index (χ1) is 14.8. The van der Waals surface area contributed by atoms with E-state index in [4.69, 9.17) is 0 Å². The molecule has 0 aliphatic carbocycles. The second-order valence-corrected chi connectivity index (χ2v) is 10.2. The largest absolute Gasteiger partial charge is 0.410 e. The Bertz CT molecular complexity index is 967. The van der Waals surface area contributed by atoms with Crippen molar-refractivity contribution in [3.8, 4) is 0 Å². The van der Waals surface area contributed by atoms with Gasteiger partial charge in [-0.05, 0) is 46.1 Å². The predicted molar refractivity (Wildman–Crippen MR) is 117 cm³/mol. The Kier molecular flexibility index (Phi) is 5.51. The molecule has 4 rings (SSSR count). The second-order valence-electron chi connectivity index (χ2n) is 10.2. The number of fused-ring (bicyclic) bond motifs is 1. The summed E-state index contributed by atoms with van der Waals surface area (Å²) in [5.74, 6) is -0.302. The number of amides is 1. The molecule has 0 bridgehead atoms. The van der Waals surface area contributed by atoms with Crippen molar-refractivity contribution in [3.63, 3.8) is 0 Å². The fourth-order valence-electron chi connectivity index (χ4n) is 5.32. The van der Waals surface area contributed by atoms with Crippen LogP contribution in [0.5, 0.6) is 0 Å². The Morgan fingerprint density at radius 3 is 2.34 bits per heavy atom. The Morgan fingerprint density at radius 2 is 1.75 bits per heavy atom. The van der Waals surface area contributed by atoms with Crippen LogP contribution in [0.2, 0.25) is 0 Å². The van der Waals surface area contributed by atoms with E-state index in [0.29, 0.717) is 0 Å². The summed E-state index contributed by atoms with van der Waals surface area (Å²) in [7, 11) is 0. The van der Waals surface area contributed by atoms with E-state index in [-0.39, 0.29) is 34.9 Å². The number of halogens is 3. The summed E-state index contributed by atoms with van der Waals surface area (Å²) in [6.07, 6.45) is -2.00. The quantitative estimate of drug-likeness (QED) is 0.641. The molecule has 0 radical (unpaired) electrons. The van der Waals surface area contributed by atoms with Crippen LogP contribution in [-0.4, -0.2) is 39.0 Å². The Labute approximate surface area is 186 Å². The summed E-state index contributed by atoms with van der Waals surface area (Å²) in [5, 5.41) is 13.7. The van der Waals surface area contributed by atoms with Crippen LogP contribution < -0.4 is 16.0 Å². The molecule has 1 saturated heterocycles. The Balaban J connectivity index is 1.62. The number of benzene rings is 1. The fourth-order valence-corrected chi connectivity index (χ4v) is 5.32. The van der Waals surface area contributed by atoms with Gasteiger partial charge in [0.1, 0.15) is 11.4 Å². The molecule has 2 aromatic rings. The van der Waals surface area contributed by atoms with E-state index < -0.39 is 24.2 Å². The second kappa shape index (κ2) is 7.79. The lowest BCUT2D eigenvalue weighted by Gasteiger charge is -2.46. The number of aromatic nitrogens is 2. The van der Waals surface area contributed by atoms with Crippen LogP contribution in [0, 0.1) is 0 Å². The van der Waals surface area contributed by atoms with E-state index in [1.807, 2.05) is 6.07 Å². The van der Waals surface area contributed by atoms with E-state index in [9.17, 15) is 18.0 Å². The van der Waals surface area contributed by atoms with Crippen LogP contribution >= 0.6 is 0 Å². The van der Waals surface area contributed by atoms with Crippen molar-refractivity contribution in [2.45, 2.75) is 82.3 Å². The van der Waals surface area contributed by atoms with Crippen molar-refractivity contribution < 1.29 is 18.0 Å². The number of nitrogens with zero attached hydrogens (tertiary/aromatic N) is 2. The third kappa shape index (κ3) is 4.62. The number of anilines is 1. The Morgan fingerprint density at radius 1 is 1.12 bits per heavy atom. The molecule has 3 heterocycles. The molecule has 174 valence electrons. The van der Waals surface area contributed by atoms with Gasteiger partial charge in [0.2, 0.25) is 0 Å². The molecular formula is C23H30F3N5O. The number of alkyl halides is 3. The van der Waals surface area contributed by atoms with Crippen LogP contribution in [0.15, 0.2) is 36.5 Å². The molecule has 1 aromatic heterocycles. The molecule has 0 spiro atoms. The molecule has 0 saturated carbocycles. The lowest BCUT2D eigenvalue weighted by molar-refractivity contribution is -0.173. The highest BCUT2D eigenvalue weighted by atomic mass is 19.4. The number of hydrogen-bond acceptors (Lipinski definition) is 4. The monoisotopic (exact) mass is 449 g/mol. The van der Waals surface area contributed by atoms with Crippen molar-refractivity contribution in [2.75, 3.05) is 5.32 Å². The van der Waals surface area contributed by atoms with E-state index in [1.165, 1.54) is 6.20 Å². The van der Waals surface area contributed by atoms with Gasteiger partial charge < -0.3 is 16.0 Å². The third-order valence-electron chi connectivity index (χ3n) is 6.21. The number of nitrogens with one attached hydrogen (secondary N) is 3. The van der Waals surface area contributed by atoms with Crippen LogP contribution in [0.3, 0.4) is 0 Å². The van der Waals surface area contributed by atoms with Crippen LogP contribution in [0.1, 0.15) is 75.0 Å². The predicted octanol–water partition coefficient (Wildman–Crippen LogP) is 4.58. The first kappa shape index (κ1) is 22.6. The minimum absolute atomic E-state index is 0.101. The smallest absolute Gasteiger partial charge is 0.363 e. The minimum atomic E-state index is -4.48. The van der Waals surface area contributed by atoms with Gasteiger partial charge in [0.15, 0.2) is 6.04 Å². The molecule has 2 aliphatic rings. The zero-order valence-corrected chi connectivity index (χ0v) is 18.8. The molecule has 2 atom stereocenters. The zero-order valence-electron chi connectivity index (χ0n) is 18.8. The number of carbonyl (C=O) groups excluding carboxylic acids is 1. The average Bonchev–Trinajstić information content (AvgIpc) is 3.08. The molecule has 1 aromatic carbocycles. The van der Waals surface area contributed by atoms with Gasteiger partial charge in [0, 0.05) is 23.5 Å². The molecule has 9 heteroatoms. The van der Waals surface area contributed by atoms with Gasteiger partial charge in [-0.3, -0.25) is 4.79 Å². The number of piperidine rings is 1. The van der Waals surface area contributed by atoms with Crippen molar-refractivity contribution in [2.24, 2.45) is 0 Å². The topological polar surface area (TPSA) is 71.0 Å². The average molecular weight is 450 g/mol. The van der Waals surface area contributed by atoms with Crippen molar-refractivity contribution in [1.29, 1.82) is 0 Å². The molecular weight excluding hydrogens is 419 g/mol. The van der Waals surface area contributed by atoms with Gasteiger partial charge >= 0.3 is 6.18 Å². The third-order valence-corrected chi connectivity index (χ3v) is 6.21. The lowest BCUT2D eigenvalue weighted by atomic mass is 9.79. The molecule has 6 nitrogen and oxygen atoms in total. The SMILES string of the molecule is CC1(C)CC(NC(=O)c2cnn3c2NC(c2ccccc2)CC3C(F)(F)F)CC(C)(C)N1. The van der Waals surface area contributed by atoms with Crippen molar-refractivity contribution >= 4 is 11.7 Å². The summed E-state index contributed by atoms with van der Waals surface area (Å²) in [6, 6.07) is 6.50. The Hall–Kier alpha value is -2.55. The standard InChI is InChI=1S/C23H30F3N5O/c1-21(2)11-15(12-22(3,4)30-21)28-20(32)16-13-27-31-18(23(24,25)26)10-17(29-19(16)31)14-8-6-5-7-9-14/h5-9,13,15,17-18,29-30H,10-12H2,1-4H3,(H,28,32). The van der Waals surface area contributed by atoms with Gasteiger partial charge in [0.05, 0.1) is 12.2 Å². The van der Waals surface area contributed by atoms with E-state index in [0.717, 1.165) is 23.1 Å². The molecule has 2 aliphatic heterocycles. The zero-order chi connectivity index (χ0) is 23.3. The van der Waals surface area contributed by atoms with Crippen molar-refractivity contribution in [3.05, 3.63) is 47.7 Å². The summed E-state index contributed by atoms with van der Waals surface area (Å²) in [6.45, 7) is 8.31. The normalized spacial score (nSPS) is 25.0. The highest BCUT2D eigenvalue weighted by Gasteiger charge is 2.47. The molecule has 32 heavy (non-hydrogen) atoms. The summed E-state index contributed by atoms with van der Waals surface area (Å²) in [5.41, 5.74) is 0.531. The molecule has 1 amide bonds. The summed E-state index contributed by atoms with van der Waals surface area (Å²) < 4.78 is 42.5. The van der Waals surface area contributed by atoms with Gasteiger partial charge in [-0.15, -0.1) is 0 Å². The maximum Gasteiger partial charge on any atom is 0.410 e. The van der Waals surface area contributed by atoms with Crippen LogP contribution in [0.4, 0.5) is 19.0 Å². The summed E-state index contributed by atoms with van der Waals surface area (Å²) >= 11 is 0. The number of hydrogen-bond donors (Lipinski definition) is 3. The van der Waals surface area contributed by atoms with Gasteiger partial charge in [-0.25, -0.2) is 4.68 Å². The number of carbonyl (C=O) groups is 1. The van der Waals surface area contributed by atoms with Gasteiger partial charge in [-0.2, -0.15) is 18.3 Å². The number of rotatable bonds is 3. The fraction of sp³-hybridized carbons (Fsp3) is 0.565. The van der Waals surface area contributed by atoms with Crippen LogP contribution in [-0.2, 0) is 0 Å². The first-order valence-corrected chi connectivity index (χ1v) is 10.9. The highest BCUT2D eigenvalue weighted by Crippen LogP contribution is 2.44. The molecule has 1 fully saturated rings. The summed E-state index contributed by atoms with van der Waals surface area (Å²) in [4.78, 5) is 13.2. The molecule has 2 unspecified atom stereocenters. The highest BCUT2D eigenvalue weighted by molar-refractivity contribution is 5.99. The lowest BCUT2D eigenvalue weighted by Crippen LogP contribution is -2.62. The van der Waals surface area contributed by atoms with Crippen molar-refractivity contribution in [1.82, 2.24) is 20.4 Å². The molecule has 3 N–H and O–H groups in total. The minimum Gasteiger partial charge on any atom is -0.363 e. The maximum atomic E-state index is 13.9. The first-order valence-electron chi connectivity index (χ1n) is 10.9. The van der Waals surface area contributed by atoms with E-state index >= 15 is 0 Å².